The lowest BCUT2D eigenvalue weighted by molar-refractivity contribution is 0.0982. The van der Waals surface area contributed by atoms with Gasteiger partial charge in [-0.15, -0.1) is 0 Å². The molecule has 3 aromatic rings. The lowest BCUT2D eigenvalue weighted by atomic mass is 10.0. The average molecular weight is 450 g/mol. The molecule has 8 nitrogen and oxygen atoms in total. The number of piperazine rings is 1. The van der Waals surface area contributed by atoms with Gasteiger partial charge in [-0.25, -0.2) is 9.97 Å². The van der Waals surface area contributed by atoms with Crippen LogP contribution >= 0.6 is 0 Å². The van der Waals surface area contributed by atoms with Crippen LogP contribution in [0.4, 0.5) is 11.5 Å². The van der Waals surface area contributed by atoms with Crippen LogP contribution in [0.5, 0.6) is 5.75 Å². The standard InChI is InChI=1S/C25H35N7O/c1-26-25-24-21(6-9-27-24)28-23(29-25)16-18-4-5-20(17-22(18)33-3)31-10-7-19(8-11-31)32-14-12-30(2)13-15-32/h4-6,9,17,19,27H,7-8,10-16H2,1-3H3,(H,26,28,29). The molecular weight excluding hydrogens is 414 g/mol. The molecule has 2 aliphatic heterocycles. The fraction of sp³-hybridized carbons (Fsp3) is 0.520. The summed E-state index contributed by atoms with van der Waals surface area (Å²) in [4.78, 5) is 20.3. The first-order valence-corrected chi connectivity index (χ1v) is 12.0. The van der Waals surface area contributed by atoms with Crippen LogP contribution in [0, 0.1) is 0 Å². The number of ether oxygens (including phenoxy) is 1. The zero-order valence-corrected chi connectivity index (χ0v) is 20.0. The van der Waals surface area contributed by atoms with E-state index in [0.29, 0.717) is 6.42 Å². The average Bonchev–Trinajstić information content (AvgIpc) is 3.33. The molecule has 0 radical (unpaired) electrons. The lowest BCUT2D eigenvalue weighted by Gasteiger charge is -2.42. The Balaban J connectivity index is 1.27. The first-order chi connectivity index (χ1) is 16.1. The highest BCUT2D eigenvalue weighted by molar-refractivity contribution is 5.85. The second kappa shape index (κ2) is 9.57. The molecule has 5 rings (SSSR count). The van der Waals surface area contributed by atoms with Crippen molar-refractivity contribution in [3.8, 4) is 5.75 Å². The van der Waals surface area contributed by atoms with Crippen molar-refractivity contribution in [1.29, 1.82) is 0 Å². The third kappa shape index (κ3) is 4.63. The number of fused-ring (bicyclic) bond motifs is 1. The number of rotatable bonds is 6. The summed E-state index contributed by atoms with van der Waals surface area (Å²) in [5.74, 6) is 2.50. The number of nitrogens with one attached hydrogen (secondary N) is 2. The van der Waals surface area contributed by atoms with Crippen molar-refractivity contribution in [3.05, 3.63) is 41.9 Å². The highest BCUT2D eigenvalue weighted by Gasteiger charge is 2.27. The largest absolute Gasteiger partial charge is 0.496 e. The topological polar surface area (TPSA) is 72.6 Å². The number of benzene rings is 1. The van der Waals surface area contributed by atoms with Gasteiger partial charge in [-0.3, -0.25) is 4.90 Å². The summed E-state index contributed by atoms with van der Waals surface area (Å²) in [6.07, 6.45) is 4.98. The molecule has 176 valence electrons. The van der Waals surface area contributed by atoms with Gasteiger partial charge < -0.3 is 24.8 Å². The Morgan fingerprint density at radius 3 is 2.58 bits per heavy atom. The molecule has 0 saturated carbocycles. The van der Waals surface area contributed by atoms with E-state index in [2.05, 4.69) is 50.2 Å². The van der Waals surface area contributed by atoms with Crippen LogP contribution in [-0.2, 0) is 6.42 Å². The SMILES string of the molecule is CNc1nc(Cc2ccc(N3CCC(N4CCN(C)CC4)CC3)cc2OC)nc2cc[nH]c12. The number of H-pyrrole nitrogens is 1. The summed E-state index contributed by atoms with van der Waals surface area (Å²) in [6, 6.07) is 9.27. The normalized spacial score (nSPS) is 18.7. The first kappa shape index (κ1) is 22.0. The van der Waals surface area contributed by atoms with Gasteiger partial charge in [-0.05, 0) is 32.0 Å². The number of aromatic amines is 1. The molecule has 0 bridgehead atoms. The second-order valence-electron chi connectivity index (χ2n) is 9.21. The molecule has 2 saturated heterocycles. The van der Waals surface area contributed by atoms with Crippen molar-refractivity contribution in [1.82, 2.24) is 24.8 Å². The van der Waals surface area contributed by atoms with Crippen molar-refractivity contribution in [2.24, 2.45) is 0 Å². The number of methoxy groups -OCH3 is 1. The maximum Gasteiger partial charge on any atom is 0.153 e. The van der Waals surface area contributed by atoms with Crippen LogP contribution in [0.3, 0.4) is 0 Å². The smallest absolute Gasteiger partial charge is 0.153 e. The van der Waals surface area contributed by atoms with Gasteiger partial charge in [0.05, 0.1) is 12.6 Å². The van der Waals surface area contributed by atoms with Gasteiger partial charge in [0.15, 0.2) is 5.82 Å². The predicted molar refractivity (Wildman–Crippen MR) is 134 cm³/mol. The van der Waals surface area contributed by atoms with Gasteiger partial charge >= 0.3 is 0 Å². The molecule has 0 amide bonds. The maximum absolute atomic E-state index is 5.79. The molecule has 4 heterocycles. The van der Waals surface area contributed by atoms with Crippen LogP contribution in [0.2, 0.25) is 0 Å². The van der Waals surface area contributed by atoms with Crippen LogP contribution in [-0.4, -0.2) is 91.3 Å². The summed E-state index contributed by atoms with van der Waals surface area (Å²) < 4.78 is 5.79. The quantitative estimate of drug-likeness (QED) is 0.600. The fourth-order valence-corrected chi connectivity index (χ4v) is 5.18. The van der Waals surface area contributed by atoms with E-state index in [1.807, 2.05) is 19.3 Å². The Labute approximate surface area is 195 Å². The Kier molecular flexibility index (Phi) is 6.37. The number of hydrogen-bond donors (Lipinski definition) is 2. The van der Waals surface area contributed by atoms with Gasteiger partial charge in [0.2, 0.25) is 0 Å². The number of aromatic nitrogens is 3. The van der Waals surface area contributed by atoms with E-state index < -0.39 is 0 Å². The van der Waals surface area contributed by atoms with E-state index >= 15 is 0 Å². The van der Waals surface area contributed by atoms with Crippen LogP contribution < -0.4 is 15.0 Å². The number of nitrogens with zero attached hydrogens (tertiary/aromatic N) is 5. The summed E-state index contributed by atoms with van der Waals surface area (Å²) in [7, 11) is 5.85. The molecule has 0 atom stereocenters. The predicted octanol–water partition coefficient (Wildman–Crippen LogP) is 2.82. The minimum Gasteiger partial charge on any atom is -0.496 e. The van der Waals surface area contributed by atoms with Crippen LogP contribution in [0.15, 0.2) is 30.5 Å². The minimum absolute atomic E-state index is 0.630. The zero-order valence-electron chi connectivity index (χ0n) is 20.0. The fourth-order valence-electron chi connectivity index (χ4n) is 5.18. The molecule has 2 aliphatic rings. The second-order valence-corrected chi connectivity index (χ2v) is 9.21. The number of anilines is 2. The molecule has 2 aromatic heterocycles. The molecule has 2 fully saturated rings. The van der Waals surface area contributed by atoms with Crippen LogP contribution in [0.1, 0.15) is 24.2 Å². The molecule has 2 N–H and O–H groups in total. The van der Waals surface area contributed by atoms with Gasteiger partial charge in [-0.2, -0.15) is 0 Å². The van der Waals surface area contributed by atoms with E-state index in [1.54, 1.807) is 7.11 Å². The van der Waals surface area contributed by atoms with Crippen molar-refractivity contribution in [3.63, 3.8) is 0 Å². The molecule has 0 unspecified atom stereocenters. The van der Waals surface area contributed by atoms with Crippen molar-refractivity contribution in [2.45, 2.75) is 25.3 Å². The van der Waals surface area contributed by atoms with Gasteiger partial charge in [0.25, 0.3) is 0 Å². The first-order valence-electron chi connectivity index (χ1n) is 12.0. The monoisotopic (exact) mass is 449 g/mol. The van der Waals surface area contributed by atoms with Crippen molar-refractivity contribution in [2.75, 3.05) is 70.7 Å². The van der Waals surface area contributed by atoms with Crippen molar-refractivity contribution >= 4 is 22.5 Å². The van der Waals surface area contributed by atoms with Gasteiger partial charge in [-0.1, -0.05) is 6.07 Å². The summed E-state index contributed by atoms with van der Waals surface area (Å²) >= 11 is 0. The summed E-state index contributed by atoms with van der Waals surface area (Å²) in [5, 5.41) is 3.17. The highest BCUT2D eigenvalue weighted by atomic mass is 16.5. The third-order valence-corrected chi connectivity index (χ3v) is 7.19. The minimum atomic E-state index is 0.630. The summed E-state index contributed by atoms with van der Waals surface area (Å²) in [5.41, 5.74) is 4.20. The molecule has 8 heteroatoms. The Bertz CT molecular complexity index is 1080. The number of piperidine rings is 1. The zero-order chi connectivity index (χ0) is 22.8. The Morgan fingerprint density at radius 2 is 1.85 bits per heavy atom. The molecule has 0 aliphatic carbocycles. The Morgan fingerprint density at radius 1 is 1.06 bits per heavy atom. The van der Waals surface area contributed by atoms with Gasteiger partial charge in [0.1, 0.15) is 17.1 Å². The maximum atomic E-state index is 5.79. The molecule has 1 aromatic carbocycles. The molecular formula is C25H35N7O. The lowest BCUT2D eigenvalue weighted by Crippen LogP contribution is -2.52. The van der Waals surface area contributed by atoms with E-state index in [9.17, 15) is 0 Å². The van der Waals surface area contributed by atoms with E-state index in [4.69, 9.17) is 14.7 Å². The van der Waals surface area contributed by atoms with E-state index in [1.165, 1.54) is 44.7 Å². The number of hydrogen-bond acceptors (Lipinski definition) is 7. The summed E-state index contributed by atoms with van der Waals surface area (Å²) in [6.45, 7) is 6.98. The highest BCUT2D eigenvalue weighted by Crippen LogP contribution is 2.30. The van der Waals surface area contributed by atoms with Gasteiger partial charge in [0, 0.05) is 82.3 Å². The Hall–Kier alpha value is -2.84. The third-order valence-electron chi connectivity index (χ3n) is 7.19. The number of likely N-dealkylation sites (N-methyl/N-ethyl adjacent to an activating group) is 1. The molecule has 0 spiro atoms. The van der Waals surface area contributed by atoms with E-state index in [0.717, 1.165) is 53.1 Å². The van der Waals surface area contributed by atoms with E-state index in [-0.39, 0.29) is 0 Å². The van der Waals surface area contributed by atoms with Crippen molar-refractivity contribution < 1.29 is 4.74 Å². The van der Waals surface area contributed by atoms with Crippen LogP contribution in [0.25, 0.3) is 11.0 Å². The molecule has 33 heavy (non-hydrogen) atoms.